The van der Waals surface area contributed by atoms with Gasteiger partial charge >= 0.3 is 0 Å². The van der Waals surface area contributed by atoms with Crippen LogP contribution in [0, 0.1) is 6.92 Å². The third kappa shape index (κ3) is 4.45. The van der Waals surface area contributed by atoms with Gasteiger partial charge < -0.3 is 5.32 Å². The Kier molecular flexibility index (Phi) is 5.51. The third-order valence-corrected chi connectivity index (χ3v) is 6.92. The number of sulfonamides is 1. The molecule has 0 spiro atoms. The van der Waals surface area contributed by atoms with Crippen LogP contribution in [0.2, 0.25) is 0 Å². The van der Waals surface area contributed by atoms with Crippen molar-refractivity contribution in [2.45, 2.75) is 37.5 Å². The number of thiazole rings is 1. The summed E-state index contributed by atoms with van der Waals surface area (Å²) in [5.74, 6) is -0.0943. The smallest absolute Gasteiger partial charge is 0.243 e. The monoisotopic (exact) mass is 379 g/mol. The molecule has 1 aromatic carbocycles. The second-order valence-electron chi connectivity index (χ2n) is 6.10. The molecule has 8 heteroatoms. The zero-order valence-corrected chi connectivity index (χ0v) is 15.7. The van der Waals surface area contributed by atoms with E-state index in [1.807, 2.05) is 12.3 Å². The van der Waals surface area contributed by atoms with Crippen molar-refractivity contribution in [2.75, 3.05) is 18.4 Å². The van der Waals surface area contributed by atoms with E-state index in [1.54, 1.807) is 24.3 Å². The number of benzene rings is 1. The van der Waals surface area contributed by atoms with Crippen molar-refractivity contribution in [1.29, 1.82) is 0 Å². The average molecular weight is 380 g/mol. The number of rotatable bonds is 6. The van der Waals surface area contributed by atoms with Gasteiger partial charge in [-0.3, -0.25) is 4.79 Å². The summed E-state index contributed by atoms with van der Waals surface area (Å²) in [5, 5.41) is 5.26. The Bertz CT molecular complexity index is 838. The molecular weight excluding hydrogens is 358 g/mol. The minimum absolute atomic E-state index is 0.0943. The molecule has 1 saturated heterocycles. The number of hydrogen-bond acceptors (Lipinski definition) is 5. The lowest BCUT2D eigenvalue weighted by Gasteiger charge is -2.15. The van der Waals surface area contributed by atoms with Gasteiger partial charge in [0.2, 0.25) is 15.9 Å². The van der Waals surface area contributed by atoms with E-state index in [0.717, 1.165) is 24.1 Å². The highest BCUT2D eigenvalue weighted by Crippen LogP contribution is 2.21. The molecule has 1 fully saturated rings. The van der Waals surface area contributed by atoms with E-state index in [-0.39, 0.29) is 5.91 Å². The number of anilines is 1. The van der Waals surface area contributed by atoms with E-state index < -0.39 is 10.0 Å². The molecule has 0 bridgehead atoms. The lowest BCUT2D eigenvalue weighted by molar-refractivity contribution is -0.116. The maximum Gasteiger partial charge on any atom is 0.243 e. The summed E-state index contributed by atoms with van der Waals surface area (Å²) in [6.07, 6.45) is 2.73. The highest BCUT2D eigenvalue weighted by molar-refractivity contribution is 7.89. The van der Waals surface area contributed by atoms with E-state index in [2.05, 4.69) is 10.3 Å². The van der Waals surface area contributed by atoms with Gasteiger partial charge in [-0.2, -0.15) is 4.31 Å². The van der Waals surface area contributed by atoms with Crippen molar-refractivity contribution in [3.63, 3.8) is 0 Å². The lowest BCUT2D eigenvalue weighted by atomic mass is 10.1. The standard InChI is InChI=1S/C17H21N3O3S2/c1-13-12-24-17(18-13)19-16(21)9-6-14-4-7-15(8-5-14)25(22,23)20-10-2-3-11-20/h4-5,7-8,12H,2-3,6,9-11H2,1H3,(H,18,19,21). The minimum Gasteiger partial charge on any atom is -0.302 e. The van der Waals surface area contributed by atoms with Crippen molar-refractivity contribution < 1.29 is 13.2 Å². The van der Waals surface area contributed by atoms with E-state index in [1.165, 1.54) is 15.6 Å². The van der Waals surface area contributed by atoms with Crippen LogP contribution in [0.4, 0.5) is 5.13 Å². The Morgan fingerprint density at radius 1 is 1.24 bits per heavy atom. The second-order valence-corrected chi connectivity index (χ2v) is 8.89. The Labute approximate surface area is 151 Å². The van der Waals surface area contributed by atoms with Crippen LogP contribution in [-0.2, 0) is 21.2 Å². The minimum atomic E-state index is -3.38. The van der Waals surface area contributed by atoms with Crippen LogP contribution in [0.25, 0.3) is 0 Å². The fourth-order valence-electron chi connectivity index (χ4n) is 2.76. The largest absolute Gasteiger partial charge is 0.302 e. The number of carbonyl (C=O) groups is 1. The summed E-state index contributed by atoms with van der Waals surface area (Å²) in [5.41, 5.74) is 1.82. The first-order valence-electron chi connectivity index (χ1n) is 8.26. The Morgan fingerprint density at radius 2 is 1.92 bits per heavy atom. The van der Waals surface area contributed by atoms with Gasteiger partial charge in [-0.1, -0.05) is 12.1 Å². The summed E-state index contributed by atoms with van der Waals surface area (Å²) in [6, 6.07) is 6.82. The van der Waals surface area contributed by atoms with Crippen molar-refractivity contribution in [1.82, 2.24) is 9.29 Å². The first-order chi connectivity index (χ1) is 11.9. The molecule has 3 rings (SSSR count). The average Bonchev–Trinajstić information content (AvgIpc) is 3.26. The number of aromatic nitrogens is 1. The van der Waals surface area contributed by atoms with Gasteiger partial charge in [-0.15, -0.1) is 11.3 Å². The molecule has 1 aliphatic rings. The maximum absolute atomic E-state index is 12.5. The molecule has 0 radical (unpaired) electrons. The van der Waals surface area contributed by atoms with Crippen LogP contribution in [0.1, 0.15) is 30.5 Å². The predicted molar refractivity (Wildman–Crippen MR) is 98.2 cm³/mol. The first-order valence-corrected chi connectivity index (χ1v) is 10.6. The number of amides is 1. The fourth-order valence-corrected chi connectivity index (χ4v) is 4.98. The molecule has 0 saturated carbocycles. The zero-order valence-electron chi connectivity index (χ0n) is 14.1. The topological polar surface area (TPSA) is 79.4 Å². The number of nitrogens with zero attached hydrogens (tertiary/aromatic N) is 2. The Morgan fingerprint density at radius 3 is 2.52 bits per heavy atom. The van der Waals surface area contributed by atoms with Crippen LogP contribution in [0.3, 0.4) is 0 Å². The van der Waals surface area contributed by atoms with E-state index in [4.69, 9.17) is 0 Å². The normalized spacial score (nSPS) is 15.4. The molecule has 1 N–H and O–H groups in total. The van der Waals surface area contributed by atoms with Crippen molar-refractivity contribution >= 4 is 32.4 Å². The summed E-state index contributed by atoms with van der Waals surface area (Å²) >= 11 is 1.40. The van der Waals surface area contributed by atoms with Crippen molar-refractivity contribution in [2.24, 2.45) is 0 Å². The summed E-state index contributed by atoms with van der Waals surface area (Å²) in [6.45, 7) is 3.07. The lowest BCUT2D eigenvalue weighted by Crippen LogP contribution is -2.27. The molecule has 25 heavy (non-hydrogen) atoms. The van der Waals surface area contributed by atoms with Gasteiger partial charge in [0.25, 0.3) is 0 Å². The highest BCUT2D eigenvalue weighted by atomic mass is 32.2. The van der Waals surface area contributed by atoms with Crippen LogP contribution < -0.4 is 5.32 Å². The van der Waals surface area contributed by atoms with Crippen molar-refractivity contribution in [3.8, 4) is 0 Å². The fraction of sp³-hybridized carbons (Fsp3) is 0.412. The maximum atomic E-state index is 12.5. The molecule has 0 unspecified atom stereocenters. The van der Waals surface area contributed by atoms with Gasteiger partial charge in [-0.25, -0.2) is 13.4 Å². The van der Waals surface area contributed by atoms with E-state index in [0.29, 0.717) is 36.0 Å². The van der Waals surface area contributed by atoms with Crippen LogP contribution >= 0.6 is 11.3 Å². The SMILES string of the molecule is Cc1csc(NC(=O)CCc2ccc(S(=O)(=O)N3CCCC3)cc2)n1. The predicted octanol–water partition coefficient (Wildman–Crippen LogP) is 2.81. The molecule has 0 atom stereocenters. The molecule has 6 nitrogen and oxygen atoms in total. The van der Waals surface area contributed by atoms with E-state index in [9.17, 15) is 13.2 Å². The number of carbonyl (C=O) groups excluding carboxylic acids is 1. The zero-order chi connectivity index (χ0) is 17.9. The van der Waals surface area contributed by atoms with Crippen molar-refractivity contribution in [3.05, 3.63) is 40.9 Å². The quantitative estimate of drug-likeness (QED) is 0.837. The molecule has 1 aromatic heterocycles. The van der Waals surface area contributed by atoms with Gasteiger partial charge in [0.15, 0.2) is 5.13 Å². The van der Waals surface area contributed by atoms with Crippen LogP contribution in [-0.4, -0.2) is 36.7 Å². The number of hydrogen-bond donors (Lipinski definition) is 1. The second kappa shape index (κ2) is 7.63. The Hall–Kier alpha value is -1.77. The van der Waals surface area contributed by atoms with E-state index >= 15 is 0 Å². The highest BCUT2D eigenvalue weighted by Gasteiger charge is 2.26. The molecule has 0 aliphatic carbocycles. The molecule has 1 amide bonds. The van der Waals surface area contributed by atoms with Crippen LogP contribution in [0.15, 0.2) is 34.5 Å². The van der Waals surface area contributed by atoms with Gasteiger partial charge in [0.05, 0.1) is 10.6 Å². The summed E-state index contributed by atoms with van der Waals surface area (Å²) in [7, 11) is -3.38. The summed E-state index contributed by atoms with van der Waals surface area (Å²) < 4.78 is 26.5. The van der Waals surface area contributed by atoms with Gasteiger partial charge in [-0.05, 0) is 43.9 Å². The molecule has 134 valence electrons. The van der Waals surface area contributed by atoms with Crippen LogP contribution in [0.5, 0.6) is 0 Å². The van der Waals surface area contributed by atoms with Gasteiger partial charge in [0.1, 0.15) is 0 Å². The van der Waals surface area contributed by atoms with Gasteiger partial charge in [0, 0.05) is 24.9 Å². The third-order valence-electron chi connectivity index (χ3n) is 4.13. The molecule has 2 heterocycles. The number of aryl methyl sites for hydroxylation is 2. The number of nitrogens with one attached hydrogen (secondary N) is 1. The Balaban J connectivity index is 1.56. The molecule has 1 aliphatic heterocycles. The summed E-state index contributed by atoms with van der Waals surface area (Å²) in [4.78, 5) is 16.5. The molecular formula is C17H21N3O3S2. The molecule has 2 aromatic rings. The first kappa shape index (κ1) is 18.0.